The second kappa shape index (κ2) is 6.72. The van der Waals surface area contributed by atoms with E-state index in [0.717, 1.165) is 5.56 Å². The van der Waals surface area contributed by atoms with Crippen molar-refractivity contribution in [1.82, 2.24) is 10.2 Å². The molecule has 0 fully saturated rings. The van der Waals surface area contributed by atoms with Crippen molar-refractivity contribution in [2.45, 2.75) is 32.4 Å². The molecule has 1 unspecified atom stereocenters. The van der Waals surface area contributed by atoms with Crippen molar-refractivity contribution in [2.24, 2.45) is 0 Å². The number of rotatable bonds is 4. The van der Waals surface area contributed by atoms with Gasteiger partial charge in [-0.25, -0.2) is 4.79 Å². The molecule has 0 saturated carbocycles. The number of aliphatic hydroxyl groups excluding tert-OH is 1. The third-order valence-corrected chi connectivity index (χ3v) is 2.66. The van der Waals surface area contributed by atoms with Crippen LogP contribution in [-0.4, -0.2) is 42.3 Å². The molecule has 1 rings (SSSR count). The molecule has 1 aromatic carbocycles. The van der Waals surface area contributed by atoms with E-state index in [1.165, 1.54) is 4.90 Å². The van der Waals surface area contributed by atoms with Crippen molar-refractivity contribution < 1.29 is 14.6 Å². The van der Waals surface area contributed by atoms with E-state index in [2.05, 4.69) is 5.32 Å². The van der Waals surface area contributed by atoms with Crippen molar-refractivity contribution in [1.29, 1.82) is 0 Å². The highest BCUT2D eigenvalue weighted by atomic mass is 16.6. The number of β-amino-alcohol motifs (C(OH)–C–C–N with tert-alkyl or cyclic N) is 1. The molecule has 5 heteroatoms. The van der Waals surface area contributed by atoms with Crippen LogP contribution >= 0.6 is 0 Å². The Hall–Kier alpha value is -1.59. The fourth-order valence-electron chi connectivity index (χ4n) is 1.47. The van der Waals surface area contributed by atoms with E-state index in [-0.39, 0.29) is 5.54 Å². The summed E-state index contributed by atoms with van der Waals surface area (Å²) in [5.74, 6) is 0.462. The Morgan fingerprint density at radius 2 is 1.85 bits per heavy atom. The largest absolute Gasteiger partial charge is 0.414 e. The van der Waals surface area contributed by atoms with Crippen LogP contribution in [0.1, 0.15) is 32.4 Å². The van der Waals surface area contributed by atoms with Gasteiger partial charge in [0.1, 0.15) is 5.75 Å². The number of nitrogens with zero attached hydrogens (tertiary/aromatic N) is 1. The number of carbonyl (C=O) groups excluding carboxylic acids is 1. The molecular weight excluding hydrogens is 256 g/mol. The first-order valence-corrected chi connectivity index (χ1v) is 6.61. The highest BCUT2D eigenvalue weighted by molar-refractivity contribution is 5.69. The van der Waals surface area contributed by atoms with Crippen LogP contribution in [0.3, 0.4) is 0 Å². The van der Waals surface area contributed by atoms with E-state index in [1.54, 1.807) is 38.4 Å². The zero-order valence-electron chi connectivity index (χ0n) is 12.8. The SMILES string of the molecule is CN(C)C(=O)Oc1ccc(C(O)CNC(C)(C)C)cc1. The van der Waals surface area contributed by atoms with E-state index in [1.807, 2.05) is 20.8 Å². The zero-order chi connectivity index (χ0) is 15.3. The van der Waals surface area contributed by atoms with Crippen molar-refractivity contribution in [3.8, 4) is 5.75 Å². The summed E-state index contributed by atoms with van der Waals surface area (Å²) in [6.07, 6.45) is -1.01. The number of amides is 1. The third kappa shape index (κ3) is 5.59. The van der Waals surface area contributed by atoms with Gasteiger partial charge in [-0.3, -0.25) is 0 Å². The summed E-state index contributed by atoms with van der Waals surface area (Å²) in [7, 11) is 3.25. The van der Waals surface area contributed by atoms with E-state index in [9.17, 15) is 9.90 Å². The van der Waals surface area contributed by atoms with Crippen LogP contribution in [0.25, 0.3) is 0 Å². The highest BCUT2D eigenvalue weighted by Crippen LogP contribution is 2.18. The van der Waals surface area contributed by atoms with Crippen LogP contribution in [0.4, 0.5) is 4.79 Å². The van der Waals surface area contributed by atoms with E-state index >= 15 is 0 Å². The Morgan fingerprint density at radius 1 is 1.30 bits per heavy atom. The molecule has 0 aromatic heterocycles. The van der Waals surface area contributed by atoms with Gasteiger partial charge in [-0.05, 0) is 38.5 Å². The van der Waals surface area contributed by atoms with Gasteiger partial charge >= 0.3 is 6.09 Å². The Morgan fingerprint density at radius 3 is 2.30 bits per heavy atom. The first-order chi connectivity index (χ1) is 9.19. The molecule has 0 saturated heterocycles. The predicted octanol–water partition coefficient (Wildman–Crippen LogP) is 2.17. The Labute approximate surface area is 120 Å². The Balaban J connectivity index is 2.59. The second-order valence-corrected chi connectivity index (χ2v) is 5.98. The van der Waals surface area contributed by atoms with Crippen LogP contribution < -0.4 is 10.1 Å². The maximum absolute atomic E-state index is 11.4. The quantitative estimate of drug-likeness (QED) is 0.887. The fourth-order valence-corrected chi connectivity index (χ4v) is 1.47. The first-order valence-electron chi connectivity index (χ1n) is 6.61. The summed E-state index contributed by atoms with van der Waals surface area (Å²) in [4.78, 5) is 12.7. The number of aliphatic hydroxyl groups is 1. The molecule has 2 N–H and O–H groups in total. The van der Waals surface area contributed by atoms with Gasteiger partial charge in [0.15, 0.2) is 0 Å². The van der Waals surface area contributed by atoms with Gasteiger partial charge in [0.25, 0.3) is 0 Å². The van der Waals surface area contributed by atoms with Crippen LogP contribution in [0.2, 0.25) is 0 Å². The number of nitrogens with one attached hydrogen (secondary N) is 1. The zero-order valence-corrected chi connectivity index (χ0v) is 12.8. The molecule has 112 valence electrons. The topological polar surface area (TPSA) is 61.8 Å². The molecule has 1 atom stereocenters. The van der Waals surface area contributed by atoms with Crippen LogP contribution in [0.15, 0.2) is 24.3 Å². The Bertz CT molecular complexity index is 435. The lowest BCUT2D eigenvalue weighted by molar-refractivity contribution is 0.163. The van der Waals surface area contributed by atoms with Crippen molar-refractivity contribution in [3.63, 3.8) is 0 Å². The van der Waals surface area contributed by atoms with Crippen molar-refractivity contribution in [2.75, 3.05) is 20.6 Å². The number of hydrogen-bond donors (Lipinski definition) is 2. The molecule has 0 radical (unpaired) electrons. The molecule has 1 aromatic rings. The summed E-state index contributed by atoms with van der Waals surface area (Å²) < 4.78 is 5.11. The fraction of sp³-hybridized carbons (Fsp3) is 0.533. The lowest BCUT2D eigenvalue weighted by Gasteiger charge is -2.23. The van der Waals surface area contributed by atoms with E-state index < -0.39 is 12.2 Å². The summed E-state index contributed by atoms with van der Waals surface area (Å²) >= 11 is 0. The smallest absolute Gasteiger partial charge is 0.410 e. The molecule has 20 heavy (non-hydrogen) atoms. The van der Waals surface area contributed by atoms with Gasteiger partial charge in [-0.1, -0.05) is 12.1 Å². The summed E-state index contributed by atoms with van der Waals surface area (Å²) in [6.45, 7) is 6.61. The van der Waals surface area contributed by atoms with Gasteiger partial charge in [0.05, 0.1) is 6.10 Å². The van der Waals surface area contributed by atoms with Gasteiger partial charge in [-0.2, -0.15) is 0 Å². The van der Waals surface area contributed by atoms with Crippen LogP contribution in [-0.2, 0) is 0 Å². The normalized spacial score (nSPS) is 12.9. The van der Waals surface area contributed by atoms with E-state index in [4.69, 9.17) is 4.74 Å². The van der Waals surface area contributed by atoms with Gasteiger partial charge in [-0.15, -0.1) is 0 Å². The first kappa shape index (κ1) is 16.5. The van der Waals surface area contributed by atoms with Crippen molar-refractivity contribution in [3.05, 3.63) is 29.8 Å². The lowest BCUT2D eigenvalue weighted by atomic mass is 10.1. The monoisotopic (exact) mass is 280 g/mol. The molecule has 0 aliphatic rings. The minimum atomic E-state index is -0.590. The molecule has 0 bridgehead atoms. The number of hydrogen-bond acceptors (Lipinski definition) is 4. The number of benzene rings is 1. The summed E-state index contributed by atoms with van der Waals surface area (Å²) in [5, 5.41) is 13.3. The third-order valence-electron chi connectivity index (χ3n) is 2.66. The molecular formula is C15H24N2O3. The minimum absolute atomic E-state index is 0.0395. The summed E-state index contributed by atoms with van der Waals surface area (Å²) in [5.41, 5.74) is 0.744. The molecule has 5 nitrogen and oxygen atoms in total. The molecule has 0 heterocycles. The number of carbonyl (C=O) groups is 1. The average molecular weight is 280 g/mol. The Kier molecular flexibility index (Phi) is 5.53. The summed E-state index contributed by atoms with van der Waals surface area (Å²) in [6, 6.07) is 6.87. The average Bonchev–Trinajstić information content (AvgIpc) is 2.35. The van der Waals surface area contributed by atoms with Gasteiger partial charge in [0.2, 0.25) is 0 Å². The molecule has 0 aliphatic carbocycles. The minimum Gasteiger partial charge on any atom is -0.410 e. The predicted molar refractivity (Wildman–Crippen MR) is 78.9 cm³/mol. The molecule has 1 amide bonds. The van der Waals surface area contributed by atoms with Crippen molar-refractivity contribution >= 4 is 6.09 Å². The van der Waals surface area contributed by atoms with E-state index in [0.29, 0.717) is 12.3 Å². The maximum atomic E-state index is 11.4. The molecule has 0 aliphatic heterocycles. The van der Waals surface area contributed by atoms with Gasteiger partial charge < -0.3 is 20.1 Å². The van der Waals surface area contributed by atoms with Gasteiger partial charge in [0, 0.05) is 26.2 Å². The molecule has 0 spiro atoms. The van der Waals surface area contributed by atoms with Crippen LogP contribution in [0.5, 0.6) is 5.75 Å². The second-order valence-electron chi connectivity index (χ2n) is 5.98. The van der Waals surface area contributed by atoms with Crippen LogP contribution in [0, 0.1) is 0 Å². The standard InChI is InChI=1S/C15H24N2O3/c1-15(2,3)16-10-13(18)11-6-8-12(9-7-11)20-14(19)17(4)5/h6-9,13,16,18H,10H2,1-5H3. The number of ether oxygens (including phenoxy) is 1. The highest BCUT2D eigenvalue weighted by Gasteiger charge is 2.14. The maximum Gasteiger partial charge on any atom is 0.414 e. The lowest BCUT2D eigenvalue weighted by Crippen LogP contribution is -2.38.